The molecule has 1 aromatic carbocycles. The summed E-state index contributed by atoms with van der Waals surface area (Å²) in [4.78, 5) is 0. The van der Waals surface area contributed by atoms with Gasteiger partial charge in [-0.3, -0.25) is 0 Å². The van der Waals surface area contributed by atoms with Gasteiger partial charge in [0.25, 0.3) is 0 Å². The zero-order valence-electron chi connectivity index (χ0n) is 26.0. The van der Waals surface area contributed by atoms with Crippen LogP contribution in [0.3, 0.4) is 0 Å². The molecule has 2 unspecified atom stereocenters. The highest BCUT2D eigenvalue weighted by Crippen LogP contribution is 2.38. The molecular formula is C32H50O12. The summed E-state index contributed by atoms with van der Waals surface area (Å²) in [5, 5.41) is 81.6. The molecule has 2 heterocycles. The van der Waals surface area contributed by atoms with Gasteiger partial charge < -0.3 is 59.8 Å². The number of benzene rings is 1. The molecule has 2 fully saturated rings. The maximum absolute atomic E-state index is 10.5. The minimum atomic E-state index is -1.76. The van der Waals surface area contributed by atoms with Crippen LogP contribution < -0.4 is 9.47 Å². The molecule has 12 nitrogen and oxygen atoms in total. The molecule has 0 aromatic heterocycles. The van der Waals surface area contributed by atoms with Crippen molar-refractivity contribution in [3.05, 3.63) is 46.6 Å². The van der Waals surface area contributed by atoms with E-state index in [1.54, 1.807) is 12.1 Å². The van der Waals surface area contributed by atoms with Gasteiger partial charge in [0.1, 0.15) is 23.7 Å². The second-order valence-corrected chi connectivity index (χ2v) is 11.9. The minimum Gasteiger partial charge on any atom is -0.464 e. The number of hydrogen-bond donors (Lipinski definition) is 8. The fraction of sp³-hybridized carbons (Fsp3) is 0.688. The Morgan fingerprint density at radius 1 is 0.773 bits per heavy atom. The Bertz CT molecular complexity index is 1040. The molecule has 0 spiro atoms. The van der Waals surface area contributed by atoms with E-state index in [0.717, 1.165) is 36.8 Å². The summed E-state index contributed by atoms with van der Waals surface area (Å²) in [7, 11) is 0. The Labute approximate surface area is 258 Å². The maximum atomic E-state index is 10.5. The number of rotatable bonds is 14. The molecule has 8 N–H and O–H groups in total. The van der Waals surface area contributed by atoms with Gasteiger partial charge in [0, 0.05) is 5.56 Å². The second-order valence-electron chi connectivity index (χ2n) is 11.9. The lowest BCUT2D eigenvalue weighted by molar-refractivity contribution is -0.313. The number of allylic oxidation sites excluding steroid dienone is 4. The van der Waals surface area contributed by atoms with E-state index >= 15 is 0 Å². The van der Waals surface area contributed by atoms with Crippen LogP contribution in [-0.2, 0) is 22.3 Å². The van der Waals surface area contributed by atoms with Crippen LogP contribution in [0.2, 0.25) is 0 Å². The Morgan fingerprint density at radius 3 is 1.70 bits per heavy atom. The zero-order chi connectivity index (χ0) is 32.6. The van der Waals surface area contributed by atoms with Crippen molar-refractivity contribution < 1.29 is 59.8 Å². The van der Waals surface area contributed by atoms with Gasteiger partial charge in [-0.25, -0.2) is 0 Å². The third-order valence-electron chi connectivity index (χ3n) is 8.11. The van der Waals surface area contributed by atoms with Crippen LogP contribution in [0.25, 0.3) is 0 Å². The van der Waals surface area contributed by atoms with Gasteiger partial charge in [-0.05, 0) is 70.6 Å². The number of aliphatic hydroxyl groups is 8. The van der Waals surface area contributed by atoms with Gasteiger partial charge in [-0.2, -0.15) is 0 Å². The van der Waals surface area contributed by atoms with E-state index in [9.17, 15) is 40.9 Å². The number of aryl methyl sites for hydroxylation is 1. The molecule has 2 aliphatic heterocycles. The molecule has 0 aliphatic carbocycles. The lowest BCUT2D eigenvalue weighted by Gasteiger charge is -2.41. The van der Waals surface area contributed by atoms with Crippen molar-refractivity contribution in [3.8, 4) is 11.5 Å². The standard InChI is InChI=1S/C32H50O12/c1-5-6-10-19-13-23(41-31-21(15-33)25(35)27(37)29(39)43-31)20(12-11-18(4)9-7-8-17(2)3)24(14-19)42-32-22(16-34)26(36)28(38)30(40)44-32/h8,11,13-14,21-22,25-40H,5-7,9-10,12,15-16H2,1-4H3/b18-11+/t21-,22-,25-,26-,27+,28+,29+,30+,31?,32?/m1/s1. The Kier molecular flexibility index (Phi) is 14.0. The monoisotopic (exact) mass is 626 g/mol. The summed E-state index contributed by atoms with van der Waals surface area (Å²) >= 11 is 0. The van der Waals surface area contributed by atoms with Crippen LogP contribution in [0.1, 0.15) is 64.5 Å². The molecule has 1 aromatic rings. The molecule has 12 heteroatoms. The maximum Gasteiger partial charge on any atom is 0.210 e. The molecule has 250 valence electrons. The predicted octanol–water partition coefficient (Wildman–Crippen LogP) is 1.03. The van der Waals surface area contributed by atoms with Gasteiger partial charge in [-0.15, -0.1) is 0 Å². The van der Waals surface area contributed by atoms with Crippen molar-refractivity contribution in [2.75, 3.05) is 13.2 Å². The van der Waals surface area contributed by atoms with E-state index in [1.165, 1.54) is 5.57 Å². The van der Waals surface area contributed by atoms with Crippen molar-refractivity contribution in [2.45, 2.75) is 116 Å². The molecular weight excluding hydrogens is 576 g/mol. The zero-order valence-corrected chi connectivity index (χ0v) is 26.0. The van der Waals surface area contributed by atoms with Crippen molar-refractivity contribution >= 4 is 0 Å². The lowest BCUT2D eigenvalue weighted by Crippen LogP contribution is -2.57. The molecule has 2 saturated heterocycles. The SMILES string of the molecule is CCCCc1cc(OC2O[C@H](O)[C@@H](O)[C@H](O)[C@H]2CO)c(C/C=C(\C)CCC=C(C)C)c(OC2O[C@H](O)[C@@H](O)[C@H](O)[C@H]2CO)c1. The summed E-state index contributed by atoms with van der Waals surface area (Å²) in [6, 6.07) is 3.56. The van der Waals surface area contributed by atoms with Crippen LogP contribution in [0, 0.1) is 11.8 Å². The van der Waals surface area contributed by atoms with Crippen LogP contribution in [0.15, 0.2) is 35.4 Å². The van der Waals surface area contributed by atoms with E-state index in [0.29, 0.717) is 12.0 Å². The van der Waals surface area contributed by atoms with Gasteiger partial charge in [0.15, 0.2) is 12.6 Å². The summed E-state index contributed by atoms with van der Waals surface area (Å²) < 4.78 is 23.4. The third kappa shape index (κ3) is 9.23. The van der Waals surface area contributed by atoms with E-state index in [2.05, 4.69) is 6.08 Å². The first-order chi connectivity index (χ1) is 20.9. The van der Waals surface area contributed by atoms with E-state index in [4.69, 9.17) is 18.9 Å². The summed E-state index contributed by atoms with van der Waals surface area (Å²) in [5.74, 6) is -1.64. The highest BCUT2D eigenvalue weighted by molar-refractivity contribution is 5.50. The van der Waals surface area contributed by atoms with Gasteiger partial charge in [0.2, 0.25) is 12.6 Å². The largest absolute Gasteiger partial charge is 0.464 e. The summed E-state index contributed by atoms with van der Waals surface area (Å²) in [5.41, 5.74) is 3.59. The first kappa shape index (κ1) is 36.4. The quantitative estimate of drug-likeness (QED) is 0.137. The Hall–Kier alpha value is -2.10. The smallest absolute Gasteiger partial charge is 0.210 e. The molecule has 3 rings (SSSR count). The predicted molar refractivity (Wildman–Crippen MR) is 159 cm³/mol. The number of hydrogen-bond acceptors (Lipinski definition) is 12. The number of aliphatic hydroxyl groups excluding tert-OH is 8. The average molecular weight is 627 g/mol. The molecule has 0 amide bonds. The van der Waals surface area contributed by atoms with Crippen molar-refractivity contribution in [1.82, 2.24) is 0 Å². The Morgan fingerprint density at radius 2 is 1.27 bits per heavy atom. The van der Waals surface area contributed by atoms with E-state index < -0.39 is 74.6 Å². The first-order valence-electron chi connectivity index (χ1n) is 15.3. The fourth-order valence-electron chi connectivity index (χ4n) is 5.25. The molecule has 44 heavy (non-hydrogen) atoms. The lowest BCUT2D eigenvalue weighted by atomic mass is 9.94. The number of ether oxygens (including phenoxy) is 4. The van der Waals surface area contributed by atoms with E-state index in [-0.39, 0.29) is 17.9 Å². The average Bonchev–Trinajstić information content (AvgIpc) is 2.97. The highest BCUT2D eigenvalue weighted by Gasteiger charge is 2.46. The van der Waals surface area contributed by atoms with Crippen molar-refractivity contribution in [3.63, 3.8) is 0 Å². The first-order valence-corrected chi connectivity index (χ1v) is 15.3. The van der Waals surface area contributed by atoms with Gasteiger partial charge in [-0.1, -0.05) is 36.6 Å². The van der Waals surface area contributed by atoms with Crippen LogP contribution in [0.4, 0.5) is 0 Å². The molecule has 2 aliphatic rings. The van der Waals surface area contributed by atoms with Gasteiger partial charge in [0.05, 0.1) is 37.3 Å². The van der Waals surface area contributed by atoms with Crippen molar-refractivity contribution in [2.24, 2.45) is 11.8 Å². The number of unbranched alkanes of at least 4 members (excludes halogenated alkanes) is 1. The van der Waals surface area contributed by atoms with Crippen molar-refractivity contribution in [1.29, 1.82) is 0 Å². The third-order valence-corrected chi connectivity index (χ3v) is 8.11. The summed E-state index contributed by atoms with van der Waals surface area (Å²) in [6.45, 7) is 6.91. The van der Waals surface area contributed by atoms with Crippen LogP contribution in [-0.4, -0.2) is 104 Å². The normalized spacial score (nSPS) is 32.8. The summed E-state index contributed by atoms with van der Waals surface area (Å²) in [6.07, 6.45) is -4.09. The molecule has 0 bridgehead atoms. The molecule has 0 saturated carbocycles. The highest BCUT2D eigenvalue weighted by atomic mass is 16.7. The van der Waals surface area contributed by atoms with E-state index in [1.807, 2.05) is 33.8 Å². The molecule has 0 radical (unpaired) electrons. The van der Waals surface area contributed by atoms with Gasteiger partial charge >= 0.3 is 0 Å². The van der Waals surface area contributed by atoms with Crippen LogP contribution in [0.5, 0.6) is 11.5 Å². The molecule has 10 atom stereocenters. The van der Waals surface area contributed by atoms with Crippen LogP contribution >= 0.6 is 0 Å². The Balaban J connectivity index is 2.08. The topological polar surface area (TPSA) is 199 Å². The fourth-order valence-corrected chi connectivity index (χ4v) is 5.25. The second kappa shape index (κ2) is 17.0. The minimum absolute atomic E-state index is 0.263.